The average Bonchev–Trinajstić information content (AvgIpc) is 2.88. The highest BCUT2D eigenvalue weighted by atomic mass is 19.4. The molecule has 4 nitrogen and oxygen atoms in total. The fourth-order valence-corrected chi connectivity index (χ4v) is 4.70. The zero-order valence-electron chi connectivity index (χ0n) is 13.7. The van der Waals surface area contributed by atoms with Gasteiger partial charge in [-0.15, -0.1) is 0 Å². The van der Waals surface area contributed by atoms with Crippen LogP contribution in [0.5, 0.6) is 0 Å². The van der Waals surface area contributed by atoms with Crippen LogP contribution in [0, 0.1) is 0 Å². The maximum Gasteiger partial charge on any atom is 0.418 e. The van der Waals surface area contributed by atoms with Crippen molar-refractivity contribution >= 4 is 11.0 Å². The van der Waals surface area contributed by atoms with Crippen molar-refractivity contribution in [2.75, 3.05) is 13.1 Å². The van der Waals surface area contributed by atoms with Gasteiger partial charge in [-0.3, -0.25) is 4.57 Å². The molecule has 2 fully saturated rings. The second kappa shape index (κ2) is 4.88. The van der Waals surface area contributed by atoms with Gasteiger partial charge in [0.2, 0.25) is 0 Å². The minimum Gasteiger partial charge on any atom is -0.309 e. The highest BCUT2D eigenvalue weighted by Gasteiger charge is 2.61. The van der Waals surface area contributed by atoms with Crippen molar-refractivity contribution < 1.29 is 17.7 Å². The van der Waals surface area contributed by atoms with Crippen LogP contribution in [0.25, 0.3) is 11.0 Å². The lowest BCUT2D eigenvalue weighted by Gasteiger charge is -2.32. The Kier molecular flexibility index (Phi) is 3.20. The third kappa shape index (κ3) is 2.06. The van der Waals surface area contributed by atoms with E-state index in [4.69, 9.17) is 0 Å². The van der Waals surface area contributed by atoms with Crippen LogP contribution in [-0.2, 0) is 6.18 Å². The van der Waals surface area contributed by atoms with Crippen LogP contribution in [0.4, 0.5) is 13.2 Å². The fourth-order valence-electron chi connectivity index (χ4n) is 4.70. The maximum atomic E-state index is 13.4. The number of alkyl halides is 3. The molecular formula is C17H21F3N3O+. The molecular weight excluding hydrogens is 319 g/mol. The van der Waals surface area contributed by atoms with Crippen LogP contribution in [0.1, 0.15) is 38.3 Å². The molecule has 2 unspecified atom stereocenters. The number of piperidine rings is 1. The van der Waals surface area contributed by atoms with Gasteiger partial charge < -0.3 is 9.47 Å². The molecule has 7 heteroatoms. The Hall–Kier alpha value is -1.76. The maximum absolute atomic E-state index is 13.4. The van der Waals surface area contributed by atoms with Crippen molar-refractivity contribution in [3.05, 3.63) is 34.2 Å². The number of rotatable bonds is 1. The zero-order valence-corrected chi connectivity index (χ0v) is 13.7. The molecule has 3 heterocycles. The van der Waals surface area contributed by atoms with Crippen LogP contribution in [0.3, 0.4) is 0 Å². The number of nitrogens with zero attached hydrogens (tertiary/aromatic N) is 2. The summed E-state index contributed by atoms with van der Waals surface area (Å²) in [6, 6.07) is 5.00. The third-order valence-electron chi connectivity index (χ3n) is 6.40. The summed E-state index contributed by atoms with van der Waals surface area (Å²) in [5.41, 5.74) is -0.911. The summed E-state index contributed by atoms with van der Waals surface area (Å²) >= 11 is 0. The number of nitrogens with one attached hydrogen (secondary N) is 1. The molecule has 1 aromatic heterocycles. The standard InChI is InChI=1S/C17H20F3N3O/c1-10-11(2)23(10)8-6-12(7-9-23)22-15-13(17(18,19)20)4-3-5-14(15)21-16(22)24/h3-5,10-12H,6-9H2,1-2H3/p+1. The lowest BCUT2D eigenvalue weighted by molar-refractivity contribution is -0.831. The fraction of sp³-hybridized carbons (Fsp3) is 0.588. The second-order valence-corrected chi connectivity index (χ2v) is 7.26. The Bertz CT molecular complexity index is 833. The van der Waals surface area contributed by atoms with Crippen LogP contribution in [0.15, 0.2) is 23.0 Å². The van der Waals surface area contributed by atoms with Gasteiger partial charge in [-0.1, -0.05) is 6.07 Å². The van der Waals surface area contributed by atoms with Crippen molar-refractivity contribution in [3.63, 3.8) is 0 Å². The number of fused-ring (bicyclic) bond motifs is 1. The van der Waals surface area contributed by atoms with Crippen LogP contribution in [0.2, 0.25) is 0 Å². The van der Waals surface area contributed by atoms with Crippen molar-refractivity contribution in [2.45, 2.75) is 51.0 Å². The summed E-state index contributed by atoms with van der Waals surface area (Å²) in [6.07, 6.45) is -2.98. The Morgan fingerprint density at radius 3 is 2.33 bits per heavy atom. The monoisotopic (exact) mass is 340 g/mol. The van der Waals surface area contributed by atoms with E-state index in [-0.39, 0.29) is 17.1 Å². The van der Waals surface area contributed by atoms with E-state index in [0.717, 1.165) is 36.5 Å². The number of aromatic nitrogens is 2. The highest BCUT2D eigenvalue weighted by molar-refractivity contribution is 5.79. The first-order valence-corrected chi connectivity index (χ1v) is 8.42. The van der Waals surface area contributed by atoms with Crippen LogP contribution < -0.4 is 5.69 Å². The van der Waals surface area contributed by atoms with Crippen molar-refractivity contribution in [1.82, 2.24) is 9.55 Å². The lowest BCUT2D eigenvalue weighted by Crippen LogP contribution is -2.41. The highest BCUT2D eigenvalue weighted by Crippen LogP contribution is 2.45. The molecule has 2 aromatic rings. The van der Waals surface area contributed by atoms with E-state index in [0.29, 0.717) is 12.1 Å². The first-order valence-electron chi connectivity index (χ1n) is 8.42. The molecule has 24 heavy (non-hydrogen) atoms. The number of hydrogen-bond acceptors (Lipinski definition) is 1. The minimum absolute atomic E-state index is 0.000318. The first kappa shape index (κ1) is 15.7. The van der Waals surface area contributed by atoms with E-state index in [9.17, 15) is 18.0 Å². The van der Waals surface area contributed by atoms with Gasteiger partial charge in [-0.25, -0.2) is 4.79 Å². The summed E-state index contributed by atoms with van der Waals surface area (Å²) < 4.78 is 42.5. The number of imidazole rings is 1. The second-order valence-electron chi connectivity index (χ2n) is 7.26. The summed E-state index contributed by atoms with van der Waals surface area (Å²) in [5, 5.41) is 0. The molecule has 2 saturated heterocycles. The molecule has 1 N–H and O–H groups in total. The molecule has 2 aliphatic heterocycles. The van der Waals surface area contributed by atoms with E-state index in [1.165, 1.54) is 16.7 Å². The Balaban J connectivity index is 1.75. The largest absolute Gasteiger partial charge is 0.418 e. The number of para-hydroxylation sites is 1. The minimum atomic E-state index is -4.47. The van der Waals surface area contributed by atoms with Gasteiger partial charge in [0.1, 0.15) is 12.1 Å². The Labute approximate surface area is 137 Å². The van der Waals surface area contributed by atoms with Gasteiger partial charge >= 0.3 is 11.9 Å². The predicted octanol–water partition coefficient (Wildman–Crippen LogP) is 3.29. The van der Waals surface area contributed by atoms with E-state index in [2.05, 4.69) is 18.8 Å². The number of halogens is 3. The van der Waals surface area contributed by atoms with Crippen molar-refractivity contribution in [3.8, 4) is 0 Å². The van der Waals surface area contributed by atoms with Gasteiger partial charge in [0.25, 0.3) is 0 Å². The molecule has 0 saturated carbocycles. The SMILES string of the molecule is CC1C(C)[N+]12CCC(n1c(=O)[nH]c3cccc(C(F)(F)F)c31)CC2. The van der Waals surface area contributed by atoms with E-state index < -0.39 is 17.4 Å². The number of quaternary nitrogens is 1. The molecule has 1 spiro atoms. The lowest BCUT2D eigenvalue weighted by atomic mass is 10.0. The van der Waals surface area contributed by atoms with Crippen molar-refractivity contribution in [2.24, 2.45) is 0 Å². The van der Waals surface area contributed by atoms with Crippen LogP contribution >= 0.6 is 0 Å². The molecule has 0 bridgehead atoms. The summed E-state index contributed by atoms with van der Waals surface area (Å²) in [4.78, 5) is 15.0. The third-order valence-corrected chi connectivity index (χ3v) is 6.40. The molecule has 1 aromatic carbocycles. The summed E-state index contributed by atoms with van der Waals surface area (Å²) in [7, 11) is 0. The van der Waals surface area contributed by atoms with Gasteiger partial charge in [0.15, 0.2) is 0 Å². The van der Waals surface area contributed by atoms with Gasteiger partial charge in [0.05, 0.1) is 29.7 Å². The van der Waals surface area contributed by atoms with Gasteiger partial charge in [-0.05, 0) is 26.0 Å². The molecule has 2 aliphatic rings. The Morgan fingerprint density at radius 1 is 1.17 bits per heavy atom. The predicted molar refractivity (Wildman–Crippen MR) is 84.8 cm³/mol. The van der Waals surface area contributed by atoms with E-state index >= 15 is 0 Å². The number of hydrogen-bond donors (Lipinski definition) is 1. The molecule has 2 atom stereocenters. The number of benzene rings is 1. The van der Waals surface area contributed by atoms with Gasteiger partial charge in [0, 0.05) is 18.9 Å². The number of aromatic amines is 1. The quantitative estimate of drug-likeness (QED) is 0.628. The van der Waals surface area contributed by atoms with Gasteiger partial charge in [-0.2, -0.15) is 13.2 Å². The molecule has 0 amide bonds. The molecule has 0 radical (unpaired) electrons. The van der Waals surface area contributed by atoms with E-state index in [1.807, 2.05) is 0 Å². The normalized spacial score (nSPS) is 33.3. The Morgan fingerprint density at radius 2 is 1.79 bits per heavy atom. The number of H-pyrrole nitrogens is 1. The van der Waals surface area contributed by atoms with Crippen LogP contribution in [-0.4, -0.2) is 39.2 Å². The first-order chi connectivity index (χ1) is 11.3. The zero-order chi connectivity index (χ0) is 17.3. The molecule has 130 valence electrons. The van der Waals surface area contributed by atoms with E-state index in [1.54, 1.807) is 0 Å². The smallest absolute Gasteiger partial charge is 0.309 e. The molecule has 4 rings (SSSR count). The summed E-state index contributed by atoms with van der Waals surface area (Å²) in [5.74, 6) is 0. The topological polar surface area (TPSA) is 37.8 Å². The van der Waals surface area contributed by atoms with Crippen molar-refractivity contribution in [1.29, 1.82) is 0 Å². The molecule has 0 aliphatic carbocycles. The average molecular weight is 340 g/mol. The summed E-state index contributed by atoms with van der Waals surface area (Å²) in [6.45, 7) is 6.32.